The third-order valence-electron chi connectivity index (χ3n) is 2.66. The topological polar surface area (TPSA) is 98.3 Å². The van der Waals surface area contributed by atoms with Crippen molar-refractivity contribution in [1.29, 1.82) is 0 Å². The van der Waals surface area contributed by atoms with Gasteiger partial charge < -0.3 is 5.11 Å². The molecule has 0 aliphatic heterocycles. The predicted molar refractivity (Wildman–Crippen MR) is 66.7 cm³/mol. The van der Waals surface area contributed by atoms with E-state index in [1.165, 1.54) is 22.9 Å². The van der Waals surface area contributed by atoms with Gasteiger partial charge in [0.05, 0.1) is 16.2 Å². The number of carboxylic acid groups (broad SMARTS) is 1. The Kier molecular flexibility index (Phi) is 3.04. The number of hydrogen-bond acceptors (Lipinski definition) is 4. The molecule has 7 heteroatoms. The average molecular weight is 261 g/mol. The molecule has 7 nitrogen and oxygen atoms in total. The van der Waals surface area contributed by atoms with E-state index in [9.17, 15) is 14.9 Å². The van der Waals surface area contributed by atoms with Crippen molar-refractivity contribution in [3.8, 4) is 5.69 Å². The molecule has 0 spiro atoms. The van der Waals surface area contributed by atoms with Gasteiger partial charge in [0.25, 0.3) is 5.69 Å². The molecule has 2 rings (SSSR count). The highest BCUT2D eigenvalue weighted by Crippen LogP contribution is 2.27. The van der Waals surface area contributed by atoms with Crippen LogP contribution in [0.5, 0.6) is 0 Å². The van der Waals surface area contributed by atoms with Crippen molar-refractivity contribution >= 4 is 11.7 Å². The van der Waals surface area contributed by atoms with Gasteiger partial charge in [-0.05, 0) is 26.0 Å². The summed E-state index contributed by atoms with van der Waals surface area (Å²) in [6.07, 6.45) is 0. The number of carboxylic acids is 1. The molecule has 0 saturated heterocycles. The first kappa shape index (κ1) is 12.7. The Labute approximate surface area is 108 Å². The summed E-state index contributed by atoms with van der Waals surface area (Å²) in [5.41, 5.74) is 0.832. The van der Waals surface area contributed by atoms with E-state index in [0.29, 0.717) is 11.4 Å². The number of aromatic nitrogens is 2. The number of aryl methyl sites for hydroxylation is 2. The quantitative estimate of drug-likeness (QED) is 0.673. The summed E-state index contributed by atoms with van der Waals surface area (Å²) < 4.78 is 1.29. The Balaban J connectivity index is 2.82. The van der Waals surface area contributed by atoms with Gasteiger partial charge in [-0.1, -0.05) is 6.07 Å². The van der Waals surface area contributed by atoms with Gasteiger partial charge in [0.1, 0.15) is 0 Å². The zero-order chi connectivity index (χ0) is 14.2. The van der Waals surface area contributed by atoms with Crippen LogP contribution in [-0.4, -0.2) is 25.8 Å². The number of rotatable bonds is 3. The lowest BCUT2D eigenvalue weighted by molar-refractivity contribution is -0.384. The molecule has 1 heterocycles. The smallest absolute Gasteiger partial charge is 0.338 e. The summed E-state index contributed by atoms with van der Waals surface area (Å²) in [7, 11) is 0. The lowest BCUT2D eigenvalue weighted by atomic mass is 10.1. The van der Waals surface area contributed by atoms with Crippen molar-refractivity contribution in [1.82, 2.24) is 9.78 Å². The molecule has 0 bridgehead atoms. The third kappa shape index (κ3) is 2.17. The molecular formula is C12H11N3O4. The van der Waals surface area contributed by atoms with Gasteiger partial charge in [-0.2, -0.15) is 5.10 Å². The number of aromatic carboxylic acids is 1. The second kappa shape index (κ2) is 4.52. The fourth-order valence-electron chi connectivity index (χ4n) is 1.93. The predicted octanol–water partition coefficient (Wildman–Crippen LogP) is 2.10. The van der Waals surface area contributed by atoms with Crippen LogP contribution in [0, 0.1) is 24.0 Å². The third-order valence-corrected chi connectivity index (χ3v) is 2.66. The van der Waals surface area contributed by atoms with Crippen molar-refractivity contribution in [2.75, 3.05) is 0 Å². The van der Waals surface area contributed by atoms with E-state index < -0.39 is 10.9 Å². The lowest BCUT2D eigenvalue weighted by Gasteiger charge is -2.08. The molecule has 0 saturated carbocycles. The molecule has 0 atom stereocenters. The molecule has 98 valence electrons. The number of nitro groups is 1. The molecule has 1 N–H and O–H groups in total. The molecular weight excluding hydrogens is 250 g/mol. The minimum Gasteiger partial charge on any atom is -0.478 e. The molecule has 0 fully saturated rings. The molecule has 0 radical (unpaired) electrons. The first-order valence-corrected chi connectivity index (χ1v) is 5.46. The normalized spacial score (nSPS) is 10.4. The maximum absolute atomic E-state index is 11.2. The van der Waals surface area contributed by atoms with Crippen LogP contribution in [0.4, 0.5) is 5.69 Å². The highest BCUT2D eigenvalue weighted by atomic mass is 16.6. The van der Waals surface area contributed by atoms with Gasteiger partial charge in [0, 0.05) is 11.8 Å². The SMILES string of the molecule is Cc1cc(C)n(-c2c(C(=O)O)cccc2[N+](=O)[O-])n1. The fourth-order valence-corrected chi connectivity index (χ4v) is 1.93. The van der Waals surface area contributed by atoms with Gasteiger partial charge in [-0.15, -0.1) is 0 Å². The Morgan fingerprint density at radius 1 is 1.42 bits per heavy atom. The van der Waals surface area contributed by atoms with Crippen LogP contribution in [-0.2, 0) is 0 Å². The van der Waals surface area contributed by atoms with Crippen LogP contribution in [0.3, 0.4) is 0 Å². The molecule has 0 aliphatic carbocycles. The van der Waals surface area contributed by atoms with Crippen LogP contribution in [0.2, 0.25) is 0 Å². The number of nitrogens with zero attached hydrogens (tertiary/aromatic N) is 3. The molecule has 1 aromatic heterocycles. The molecule has 0 amide bonds. The van der Waals surface area contributed by atoms with Gasteiger partial charge in [-0.25, -0.2) is 9.48 Å². The van der Waals surface area contributed by atoms with E-state index in [1.54, 1.807) is 19.9 Å². The van der Waals surface area contributed by atoms with Gasteiger partial charge in [0.2, 0.25) is 0 Å². The van der Waals surface area contributed by atoms with Crippen LogP contribution in [0.25, 0.3) is 5.69 Å². The van der Waals surface area contributed by atoms with E-state index in [0.717, 1.165) is 0 Å². The Hall–Kier alpha value is -2.70. The first-order chi connectivity index (χ1) is 8.91. The minimum absolute atomic E-state index is 0.0226. The number of carbonyl (C=O) groups is 1. The molecule has 1 aromatic carbocycles. The van der Waals surface area contributed by atoms with Crippen LogP contribution in [0.15, 0.2) is 24.3 Å². The molecule has 0 unspecified atom stereocenters. The second-order valence-corrected chi connectivity index (χ2v) is 4.07. The van der Waals surface area contributed by atoms with Gasteiger partial charge >= 0.3 is 5.97 Å². The van der Waals surface area contributed by atoms with Gasteiger partial charge in [0.15, 0.2) is 5.69 Å². The second-order valence-electron chi connectivity index (χ2n) is 4.07. The number of para-hydroxylation sites is 1. The Morgan fingerprint density at radius 2 is 2.11 bits per heavy atom. The van der Waals surface area contributed by atoms with Crippen molar-refractivity contribution in [2.45, 2.75) is 13.8 Å². The Morgan fingerprint density at radius 3 is 2.58 bits per heavy atom. The van der Waals surface area contributed by atoms with Gasteiger partial charge in [-0.3, -0.25) is 10.1 Å². The van der Waals surface area contributed by atoms with Crippen molar-refractivity contribution in [2.24, 2.45) is 0 Å². The summed E-state index contributed by atoms with van der Waals surface area (Å²) in [6.45, 7) is 3.45. The molecule has 19 heavy (non-hydrogen) atoms. The van der Waals surface area contributed by atoms with Crippen LogP contribution < -0.4 is 0 Å². The van der Waals surface area contributed by atoms with E-state index in [4.69, 9.17) is 5.11 Å². The number of benzene rings is 1. The highest BCUT2D eigenvalue weighted by molar-refractivity contribution is 5.94. The molecule has 0 aliphatic rings. The Bertz CT molecular complexity index is 643. The summed E-state index contributed by atoms with van der Waals surface area (Å²) >= 11 is 0. The molecule has 2 aromatic rings. The minimum atomic E-state index is -1.23. The van der Waals surface area contributed by atoms with E-state index in [2.05, 4.69) is 5.10 Å². The number of nitro benzene ring substituents is 1. The standard InChI is InChI=1S/C12H11N3O4/c1-7-6-8(2)14(13-7)11-9(12(16)17)4-3-5-10(11)15(18)19/h3-6H,1-2H3,(H,16,17). The lowest BCUT2D eigenvalue weighted by Crippen LogP contribution is -2.10. The zero-order valence-electron chi connectivity index (χ0n) is 10.3. The summed E-state index contributed by atoms with van der Waals surface area (Å²) in [5.74, 6) is -1.23. The fraction of sp³-hybridized carbons (Fsp3) is 0.167. The van der Waals surface area contributed by atoms with E-state index >= 15 is 0 Å². The maximum atomic E-state index is 11.2. The van der Waals surface area contributed by atoms with Crippen molar-refractivity contribution in [3.05, 3.63) is 51.3 Å². The van der Waals surface area contributed by atoms with E-state index in [-0.39, 0.29) is 16.9 Å². The summed E-state index contributed by atoms with van der Waals surface area (Å²) in [5, 5.41) is 24.3. The summed E-state index contributed by atoms with van der Waals surface area (Å²) in [4.78, 5) is 21.7. The first-order valence-electron chi connectivity index (χ1n) is 5.46. The van der Waals surface area contributed by atoms with E-state index in [1.807, 2.05) is 0 Å². The van der Waals surface area contributed by atoms with Crippen LogP contribution >= 0.6 is 0 Å². The average Bonchev–Trinajstić information content (AvgIpc) is 2.67. The largest absolute Gasteiger partial charge is 0.478 e. The van der Waals surface area contributed by atoms with Crippen molar-refractivity contribution < 1.29 is 14.8 Å². The summed E-state index contributed by atoms with van der Waals surface area (Å²) in [6, 6.07) is 5.65. The number of hydrogen-bond donors (Lipinski definition) is 1. The monoisotopic (exact) mass is 261 g/mol. The van der Waals surface area contributed by atoms with Crippen LogP contribution in [0.1, 0.15) is 21.7 Å². The zero-order valence-corrected chi connectivity index (χ0v) is 10.3. The van der Waals surface area contributed by atoms with Crippen molar-refractivity contribution in [3.63, 3.8) is 0 Å². The maximum Gasteiger partial charge on any atom is 0.338 e. The highest BCUT2D eigenvalue weighted by Gasteiger charge is 2.24.